The lowest BCUT2D eigenvalue weighted by Gasteiger charge is -2.13. The molecule has 0 unspecified atom stereocenters. The van der Waals surface area contributed by atoms with E-state index < -0.39 is 5.91 Å². The van der Waals surface area contributed by atoms with Gasteiger partial charge in [0.15, 0.2) is 0 Å². The third-order valence-corrected chi connectivity index (χ3v) is 5.27. The summed E-state index contributed by atoms with van der Waals surface area (Å²) >= 11 is 3.51. The number of para-hydroxylation sites is 1. The summed E-state index contributed by atoms with van der Waals surface area (Å²) in [4.78, 5) is 25.0. The molecule has 4 rings (SSSR count). The molecule has 1 aliphatic heterocycles. The second kappa shape index (κ2) is 8.55. The van der Waals surface area contributed by atoms with Crippen molar-refractivity contribution in [3.8, 4) is 5.75 Å². The molecule has 3 aromatic carbocycles. The van der Waals surface area contributed by atoms with E-state index in [9.17, 15) is 9.59 Å². The fraction of sp³-hybridized carbons (Fsp3) is 0.0833. The van der Waals surface area contributed by atoms with E-state index in [4.69, 9.17) is 4.74 Å². The molecule has 0 atom stereocenters. The first-order valence-electron chi connectivity index (χ1n) is 9.41. The predicted molar refractivity (Wildman–Crippen MR) is 120 cm³/mol. The van der Waals surface area contributed by atoms with Gasteiger partial charge in [0.05, 0.1) is 10.2 Å². The number of amides is 2. The molecule has 0 bridgehead atoms. The molecule has 2 amide bonds. The van der Waals surface area contributed by atoms with E-state index in [0.717, 1.165) is 15.6 Å². The average molecular weight is 463 g/mol. The summed E-state index contributed by atoms with van der Waals surface area (Å²) in [6, 6.07) is 22.6. The van der Waals surface area contributed by atoms with Crippen molar-refractivity contribution in [2.75, 3.05) is 5.01 Å². The van der Waals surface area contributed by atoms with Gasteiger partial charge in [0.25, 0.3) is 11.8 Å². The molecule has 0 spiro atoms. The van der Waals surface area contributed by atoms with Gasteiger partial charge in [-0.25, -0.2) is 5.01 Å². The van der Waals surface area contributed by atoms with Gasteiger partial charge in [-0.1, -0.05) is 54.1 Å². The summed E-state index contributed by atoms with van der Waals surface area (Å²) in [6.07, 6.45) is 1.58. The van der Waals surface area contributed by atoms with Gasteiger partial charge >= 0.3 is 0 Å². The predicted octanol–water partition coefficient (Wildman–Crippen LogP) is 4.80. The lowest BCUT2D eigenvalue weighted by atomic mass is 10.1. The molecular formula is C24H19BrN2O3. The monoisotopic (exact) mass is 462 g/mol. The van der Waals surface area contributed by atoms with Crippen molar-refractivity contribution >= 4 is 39.5 Å². The Bertz CT molecular complexity index is 1140. The van der Waals surface area contributed by atoms with Gasteiger partial charge in [-0.05, 0) is 64.3 Å². The van der Waals surface area contributed by atoms with Crippen LogP contribution in [0.1, 0.15) is 16.7 Å². The van der Waals surface area contributed by atoms with Crippen LogP contribution in [0.4, 0.5) is 5.69 Å². The largest absolute Gasteiger partial charge is 0.488 e. The summed E-state index contributed by atoms with van der Waals surface area (Å²) in [5.74, 6) is -0.131. The second-order valence-corrected chi connectivity index (χ2v) is 7.80. The highest BCUT2D eigenvalue weighted by molar-refractivity contribution is 9.10. The highest BCUT2D eigenvalue weighted by Gasteiger charge is 2.34. The molecule has 3 aromatic rings. The Kier molecular flexibility index (Phi) is 5.68. The maximum Gasteiger partial charge on any atom is 0.282 e. The zero-order valence-electron chi connectivity index (χ0n) is 16.3. The van der Waals surface area contributed by atoms with Gasteiger partial charge in [0.2, 0.25) is 0 Å². The van der Waals surface area contributed by atoms with Crippen LogP contribution in [-0.4, -0.2) is 11.8 Å². The van der Waals surface area contributed by atoms with E-state index in [1.807, 2.05) is 61.5 Å². The van der Waals surface area contributed by atoms with Gasteiger partial charge < -0.3 is 4.74 Å². The first-order chi connectivity index (χ1) is 14.5. The SMILES string of the molecule is Cc1cccc(COc2ccc(C=C3C(=O)NN(c4ccccc4)C3=O)cc2Br)c1. The molecule has 0 radical (unpaired) electrons. The van der Waals surface area contributed by atoms with E-state index in [1.165, 1.54) is 10.6 Å². The summed E-state index contributed by atoms with van der Waals surface area (Å²) in [5.41, 5.74) is 6.28. The standard InChI is InChI=1S/C24H19BrN2O3/c1-16-6-5-7-18(12-16)15-30-22-11-10-17(14-21(22)25)13-20-23(28)26-27(24(20)29)19-8-3-2-4-9-19/h2-14H,15H2,1H3,(H,26,28). The van der Waals surface area contributed by atoms with E-state index in [-0.39, 0.29) is 11.5 Å². The van der Waals surface area contributed by atoms with Gasteiger partial charge in [0, 0.05) is 0 Å². The number of nitrogens with zero attached hydrogens (tertiary/aromatic N) is 1. The van der Waals surface area contributed by atoms with Gasteiger partial charge in [-0.2, -0.15) is 0 Å². The number of anilines is 1. The Morgan fingerprint density at radius 3 is 2.53 bits per heavy atom. The number of carbonyl (C=O) groups is 2. The smallest absolute Gasteiger partial charge is 0.282 e. The number of benzene rings is 3. The van der Waals surface area contributed by atoms with Crippen LogP contribution in [0.2, 0.25) is 0 Å². The molecule has 1 saturated heterocycles. The molecule has 1 heterocycles. The average Bonchev–Trinajstić information content (AvgIpc) is 3.02. The van der Waals surface area contributed by atoms with Crippen LogP contribution < -0.4 is 15.2 Å². The molecule has 1 fully saturated rings. The minimum atomic E-state index is -0.431. The summed E-state index contributed by atoms with van der Waals surface area (Å²) in [5, 5.41) is 1.25. The van der Waals surface area contributed by atoms with E-state index in [1.54, 1.807) is 18.2 Å². The lowest BCUT2D eigenvalue weighted by Crippen LogP contribution is -2.35. The van der Waals surface area contributed by atoms with Crippen molar-refractivity contribution in [1.82, 2.24) is 5.43 Å². The van der Waals surface area contributed by atoms with Crippen molar-refractivity contribution in [3.05, 3.63) is 99.5 Å². The van der Waals surface area contributed by atoms with Crippen LogP contribution in [0.3, 0.4) is 0 Å². The van der Waals surface area contributed by atoms with Crippen LogP contribution in [0, 0.1) is 6.92 Å². The number of aryl methyl sites for hydroxylation is 1. The highest BCUT2D eigenvalue weighted by Crippen LogP contribution is 2.29. The summed E-state index contributed by atoms with van der Waals surface area (Å²) in [6.45, 7) is 2.49. The Morgan fingerprint density at radius 2 is 1.80 bits per heavy atom. The number of hydrazine groups is 1. The van der Waals surface area contributed by atoms with Crippen LogP contribution in [0.25, 0.3) is 6.08 Å². The number of nitrogens with one attached hydrogen (secondary N) is 1. The van der Waals surface area contributed by atoms with Crippen molar-refractivity contribution in [3.63, 3.8) is 0 Å². The van der Waals surface area contributed by atoms with E-state index in [0.29, 0.717) is 18.0 Å². The Hall–Kier alpha value is -3.38. The van der Waals surface area contributed by atoms with Gasteiger partial charge in [0.1, 0.15) is 17.9 Å². The van der Waals surface area contributed by atoms with Crippen LogP contribution in [0.5, 0.6) is 5.75 Å². The molecule has 1 aliphatic rings. The third kappa shape index (κ3) is 4.28. The van der Waals surface area contributed by atoms with Crippen LogP contribution >= 0.6 is 15.9 Å². The van der Waals surface area contributed by atoms with Gasteiger partial charge in [-0.15, -0.1) is 0 Å². The maximum absolute atomic E-state index is 12.7. The molecular weight excluding hydrogens is 444 g/mol. The molecule has 0 aliphatic carbocycles. The number of ether oxygens (including phenoxy) is 1. The topological polar surface area (TPSA) is 58.6 Å². The fourth-order valence-corrected chi connectivity index (χ4v) is 3.68. The van der Waals surface area contributed by atoms with Crippen molar-refractivity contribution < 1.29 is 14.3 Å². The van der Waals surface area contributed by atoms with Crippen molar-refractivity contribution in [2.24, 2.45) is 0 Å². The molecule has 6 heteroatoms. The first-order valence-corrected chi connectivity index (χ1v) is 10.2. The number of carbonyl (C=O) groups excluding carboxylic acids is 2. The molecule has 30 heavy (non-hydrogen) atoms. The second-order valence-electron chi connectivity index (χ2n) is 6.94. The fourth-order valence-electron chi connectivity index (χ4n) is 3.17. The Morgan fingerprint density at radius 1 is 1.00 bits per heavy atom. The third-order valence-electron chi connectivity index (χ3n) is 4.65. The Balaban J connectivity index is 1.50. The minimum absolute atomic E-state index is 0.0826. The van der Waals surface area contributed by atoms with Crippen LogP contribution in [-0.2, 0) is 16.2 Å². The molecule has 5 nitrogen and oxygen atoms in total. The molecule has 0 saturated carbocycles. The quantitative estimate of drug-likeness (QED) is 0.437. The number of hydrogen-bond donors (Lipinski definition) is 1. The summed E-state index contributed by atoms with van der Waals surface area (Å²) < 4.78 is 6.64. The Labute approximate surface area is 183 Å². The highest BCUT2D eigenvalue weighted by atomic mass is 79.9. The molecule has 1 N–H and O–H groups in total. The number of hydrogen-bond acceptors (Lipinski definition) is 3. The zero-order valence-corrected chi connectivity index (χ0v) is 17.8. The molecule has 150 valence electrons. The van der Waals surface area contributed by atoms with E-state index >= 15 is 0 Å². The summed E-state index contributed by atoms with van der Waals surface area (Å²) in [7, 11) is 0. The van der Waals surface area contributed by atoms with Gasteiger partial charge in [-0.3, -0.25) is 15.0 Å². The normalized spacial score (nSPS) is 14.9. The number of rotatable bonds is 5. The number of halogens is 1. The molecule has 0 aromatic heterocycles. The first kappa shape index (κ1) is 19.9. The van der Waals surface area contributed by atoms with Crippen LogP contribution in [0.15, 0.2) is 82.8 Å². The zero-order chi connectivity index (χ0) is 21.1. The lowest BCUT2D eigenvalue weighted by molar-refractivity contribution is -0.117. The minimum Gasteiger partial charge on any atom is -0.488 e. The maximum atomic E-state index is 12.7. The van der Waals surface area contributed by atoms with Crippen molar-refractivity contribution in [2.45, 2.75) is 13.5 Å². The van der Waals surface area contributed by atoms with Crippen molar-refractivity contribution in [1.29, 1.82) is 0 Å². The van der Waals surface area contributed by atoms with E-state index in [2.05, 4.69) is 27.4 Å².